The number of unbranched alkanes of at least 4 members (excludes halogenated alkanes) is 2. The molecule has 0 spiro atoms. The number of imidazole rings is 1. The molecule has 0 saturated carbocycles. The summed E-state index contributed by atoms with van der Waals surface area (Å²) in [5.74, 6) is 0.295. The molecule has 19 nitrogen and oxygen atoms in total. The normalized spacial score (nSPS) is 11.2. The summed E-state index contributed by atoms with van der Waals surface area (Å²) >= 11 is 6.45. The van der Waals surface area contributed by atoms with E-state index in [0.717, 1.165) is 35.1 Å². The second kappa shape index (κ2) is 22.0. The summed E-state index contributed by atoms with van der Waals surface area (Å²) < 4.78 is 17.0. The van der Waals surface area contributed by atoms with Crippen molar-refractivity contribution < 1.29 is 95.0 Å². The van der Waals surface area contributed by atoms with Gasteiger partial charge in [-0.25, -0.2) is 14.6 Å². The van der Waals surface area contributed by atoms with Crippen LogP contribution in [0.2, 0.25) is 5.15 Å². The van der Waals surface area contributed by atoms with E-state index in [4.69, 9.17) is 25.8 Å². The Kier molecular flexibility index (Phi) is 17.8. The molecular formula is C31H34ClKN8O11. The molecule has 0 N–H and O–H groups in total. The summed E-state index contributed by atoms with van der Waals surface area (Å²) in [5.41, 5.74) is 3.55. The molecule has 0 radical (unpaired) electrons. The first kappa shape index (κ1) is 42.2. The van der Waals surface area contributed by atoms with Crippen LogP contribution in [-0.2, 0) is 36.9 Å². The van der Waals surface area contributed by atoms with Gasteiger partial charge in [0.1, 0.15) is 31.7 Å². The molecule has 0 amide bonds. The fourth-order valence-electron chi connectivity index (χ4n) is 4.94. The molecule has 272 valence electrons. The molecule has 0 fully saturated rings. The van der Waals surface area contributed by atoms with E-state index in [1.54, 1.807) is 4.57 Å². The molecule has 2 aromatic carbocycles. The van der Waals surface area contributed by atoms with Crippen molar-refractivity contribution in [3.05, 3.63) is 91.0 Å². The monoisotopic (exact) mass is 768 g/mol. The van der Waals surface area contributed by atoms with Gasteiger partial charge in [-0.05, 0) is 47.9 Å². The first-order valence-electron chi connectivity index (χ1n) is 15.8. The van der Waals surface area contributed by atoms with Crippen LogP contribution in [0.25, 0.3) is 22.5 Å². The largest absolute Gasteiger partial charge is 1.00 e. The van der Waals surface area contributed by atoms with Crippen molar-refractivity contribution in [1.82, 2.24) is 30.2 Å². The van der Waals surface area contributed by atoms with Crippen molar-refractivity contribution >= 4 is 23.7 Å². The van der Waals surface area contributed by atoms with Crippen LogP contribution in [0, 0.1) is 20.2 Å². The van der Waals surface area contributed by atoms with E-state index < -0.39 is 35.0 Å². The quantitative estimate of drug-likeness (QED) is 0.0385. The zero-order valence-corrected chi connectivity index (χ0v) is 32.3. The maximum Gasteiger partial charge on any atom is 1.00 e. The third kappa shape index (κ3) is 13.1. The van der Waals surface area contributed by atoms with Crippen molar-refractivity contribution in [2.45, 2.75) is 58.1 Å². The van der Waals surface area contributed by atoms with E-state index >= 15 is 0 Å². The third-order valence-electron chi connectivity index (χ3n) is 7.32. The number of carbonyl (C=O) groups excluding carboxylic acids is 2. The fourth-order valence-corrected chi connectivity index (χ4v) is 5.22. The van der Waals surface area contributed by atoms with Gasteiger partial charge in [-0.2, -0.15) is 5.21 Å². The molecule has 0 saturated heterocycles. The first-order chi connectivity index (χ1) is 24.7. The van der Waals surface area contributed by atoms with Gasteiger partial charge in [-0.1, -0.05) is 73.5 Å². The number of rotatable bonds is 21. The molecule has 0 aliphatic heterocycles. The molecule has 1 atom stereocenters. The third-order valence-corrected chi connectivity index (χ3v) is 7.59. The van der Waals surface area contributed by atoms with Gasteiger partial charge in [0.25, 0.3) is 10.2 Å². The van der Waals surface area contributed by atoms with Crippen molar-refractivity contribution in [1.29, 1.82) is 0 Å². The van der Waals surface area contributed by atoms with Crippen LogP contribution in [0.4, 0.5) is 4.79 Å². The van der Waals surface area contributed by atoms with Gasteiger partial charge >= 0.3 is 63.5 Å². The summed E-state index contributed by atoms with van der Waals surface area (Å²) in [7, 11) is 0. The minimum Gasteiger partial charge on any atom is -0.457 e. The van der Waals surface area contributed by atoms with Gasteiger partial charge in [-0.15, -0.1) is 20.2 Å². The van der Waals surface area contributed by atoms with Crippen molar-refractivity contribution in [3.63, 3.8) is 0 Å². The van der Waals surface area contributed by atoms with Gasteiger partial charge in [0, 0.05) is 18.8 Å². The van der Waals surface area contributed by atoms with Crippen LogP contribution in [0.5, 0.6) is 0 Å². The minimum atomic E-state index is -1.16. The molecule has 4 aromatic rings. The van der Waals surface area contributed by atoms with Crippen LogP contribution in [0.3, 0.4) is 0 Å². The van der Waals surface area contributed by atoms with Crippen molar-refractivity contribution in [2.24, 2.45) is 0 Å². The number of tetrazole rings is 1. The molecule has 0 aliphatic carbocycles. The van der Waals surface area contributed by atoms with Crippen molar-refractivity contribution in [2.75, 3.05) is 26.4 Å². The average molecular weight is 769 g/mol. The number of aryl methyl sites for hydroxylation is 1. The molecule has 2 heterocycles. The smallest absolute Gasteiger partial charge is 0.457 e. The Morgan fingerprint density at radius 3 is 2.33 bits per heavy atom. The molecule has 4 rings (SSSR count). The van der Waals surface area contributed by atoms with Crippen LogP contribution in [0.1, 0.15) is 60.9 Å². The zero-order chi connectivity index (χ0) is 36.6. The number of halogens is 1. The van der Waals surface area contributed by atoms with E-state index in [1.807, 2.05) is 55.5 Å². The zero-order valence-electron chi connectivity index (χ0n) is 28.4. The summed E-state index contributed by atoms with van der Waals surface area (Å²) in [5, 5.41) is 33.8. The number of hydrogen-bond acceptors (Lipinski definition) is 15. The van der Waals surface area contributed by atoms with Gasteiger partial charge in [-0.3, -0.25) is 10.3 Å². The van der Waals surface area contributed by atoms with Crippen LogP contribution < -0.4 is 56.5 Å². The summed E-state index contributed by atoms with van der Waals surface area (Å²) in [6.07, 6.45) is 0.717. The second-order valence-corrected chi connectivity index (χ2v) is 11.2. The number of ether oxygens (including phenoxy) is 3. The fraction of sp³-hybridized carbons (Fsp3) is 0.419. The van der Waals surface area contributed by atoms with Gasteiger partial charge in [0.15, 0.2) is 10.8 Å². The van der Waals surface area contributed by atoms with Crippen molar-refractivity contribution in [3.8, 4) is 22.5 Å². The SMILES string of the molecule is CCCCc1nc(Cl)c(C(=O)OCCOC(=O)OCCCC[C@H](CO[N+](=O)[O-])O[N+](=O)[O-])n1Cc1ccc(-c2ccccc2-c2nnn[n-]2)cc1.[K+]. The molecular weight excluding hydrogens is 735 g/mol. The Labute approximate surface area is 344 Å². The molecule has 2 aromatic heterocycles. The molecule has 0 aliphatic rings. The summed E-state index contributed by atoms with van der Waals surface area (Å²) in [6.45, 7) is 1.02. The van der Waals surface area contributed by atoms with E-state index in [9.17, 15) is 29.8 Å². The number of benzene rings is 2. The Bertz CT molecular complexity index is 1760. The van der Waals surface area contributed by atoms with Crippen LogP contribution >= 0.6 is 11.6 Å². The molecule has 21 heteroatoms. The number of carbonyl (C=O) groups is 2. The van der Waals surface area contributed by atoms with Gasteiger partial charge in [0.2, 0.25) is 0 Å². The average Bonchev–Trinajstić information content (AvgIpc) is 3.76. The van der Waals surface area contributed by atoms with E-state index in [1.165, 1.54) is 0 Å². The number of hydrogen-bond donors (Lipinski definition) is 0. The number of nitrogens with zero attached hydrogens (tertiary/aromatic N) is 8. The Morgan fingerprint density at radius 1 is 0.942 bits per heavy atom. The van der Waals surface area contributed by atoms with Gasteiger partial charge in [0.05, 0.1) is 6.61 Å². The van der Waals surface area contributed by atoms with Crippen LogP contribution in [0.15, 0.2) is 48.5 Å². The minimum absolute atomic E-state index is 0. The maximum atomic E-state index is 13.2. The molecule has 0 bridgehead atoms. The van der Waals surface area contributed by atoms with Gasteiger partial charge < -0.3 is 33.6 Å². The summed E-state index contributed by atoms with van der Waals surface area (Å²) in [6, 6.07) is 15.4. The summed E-state index contributed by atoms with van der Waals surface area (Å²) in [4.78, 5) is 58.9. The van der Waals surface area contributed by atoms with E-state index in [-0.39, 0.29) is 108 Å². The Morgan fingerprint density at radius 2 is 1.65 bits per heavy atom. The molecule has 52 heavy (non-hydrogen) atoms. The maximum absolute atomic E-state index is 13.2. The standard InChI is InChI=1S/C31H34ClN8O11.K/c1-2-3-11-26-33-28(32)27(30(41)47-17-18-49-31(42)48-16-7-6-8-23(51-40(45)46)20-50-39(43)44)38(26)19-21-12-14-22(15-13-21)24-9-4-5-10-25(24)29-34-36-37-35-29;/h4-5,9-10,12-15,23H,2-3,6-8,11,16-20H2,1H3;/q-1;+1/t23-;/m1./s1. The van der Waals surface area contributed by atoms with E-state index in [2.05, 4.69) is 35.3 Å². The van der Waals surface area contributed by atoms with E-state index in [0.29, 0.717) is 18.1 Å². The molecule has 0 unspecified atom stereocenters. The Hall–Kier alpha value is -4.21. The number of esters is 1. The number of aromatic nitrogens is 6. The topological polar surface area (TPSA) is 237 Å². The second-order valence-electron chi connectivity index (χ2n) is 10.9. The van der Waals surface area contributed by atoms with Crippen LogP contribution in [-0.4, -0.2) is 79.9 Å². The predicted molar refractivity (Wildman–Crippen MR) is 175 cm³/mol. The Balaban J connectivity index is 0.00000729. The first-order valence-corrected chi connectivity index (χ1v) is 16.2. The predicted octanol–water partition coefficient (Wildman–Crippen LogP) is 1.67.